The molecule has 0 atom stereocenters. The quantitative estimate of drug-likeness (QED) is 0.391. The van der Waals surface area contributed by atoms with Gasteiger partial charge in [-0.05, 0) is 36.1 Å². The second kappa shape index (κ2) is 6.90. The molecule has 0 aromatic heterocycles. The number of phenolic OH excluding ortho intramolecular Hbond substituents is 1. The maximum Gasteiger partial charge on any atom is 0.187 e. The smallest absolute Gasteiger partial charge is 0.187 e. The fraction of sp³-hybridized carbons (Fsp3) is 0.0588. The number of aldehydes is 1. The van der Waals surface area contributed by atoms with Gasteiger partial charge in [-0.25, -0.2) is 0 Å². The maximum absolute atomic E-state index is 12.2. The van der Waals surface area contributed by atoms with E-state index in [1.54, 1.807) is 6.07 Å². The number of hydrogen-bond donors (Lipinski definition) is 1. The van der Waals surface area contributed by atoms with E-state index in [0.717, 1.165) is 9.80 Å². The highest BCUT2D eigenvalue weighted by Crippen LogP contribution is 2.27. The molecule has 0 saturated carbocycles. The summed E-state index contributed by atoms with van der Waals surface area (Å²) in [7, 11) is 0. The highest BCUT2D eigenvalue weighted by atomic mass is 32.2. The number of allylic oxidation sites excluding steroid dienone is 2. The highest BCUT2D eigenvalue weighted by molar-refractivity contribution is 8.03. The van der Waals surface area contributed by atoms with E-state index in [9.17, 15) is 14.7 Å². The van der Waals surface area contributed by atoms with Gasteiger partial charge < -0.3 is 5.11 Å². The molecule has 0 radical (unpaired) electrons. The number of hydrogen-bond acceptors (Lipinski definition) is 4. The molecule has 2 aromatic rings. The molecule has 0 spiro atoms. The zero-order valence-electron chi connectivity index (χ0n) is 11.4. The fourth-order valence-electron chi connectivity index (χ4n) is 1.86. The van der Waals surface area contributed by atoms with Crippen LogP contribution in [0, 0.1) is 0 Å². The Morgan fingerprint density at radius 1 is 1.10 bits per heavy atom. The van der Waals surface area contributed by atoms with Gasteiger partial charge in [-0.2, -0.15) is 0 Å². The van der Waals surface area contributed by atoms with Crippen molar-refractivity contribution in [3.8, 4) is 5.75 Å². The normalized spacial score (nSPS) is 11.2. The van der Waals surface area contributed by atoms with Gasteiger partial charge in [-0.3, -0.25) is 9.59 Å². The number of carbonyl (C=O) groups is 2. The molecule has 0 aliphatic heterocycles. The molecule has 2 aromatic carbocycles. The molecule has 0 bridgehead atoms. The van der Waals surface area contributed by atoms with E-state index in [4.69, 9.17) is 0 Å². The molecule has 0 fully saturated rings. The van der Waals surface area contributed by atoms with Crippen LogP contribution in [0.2, 0.25) is 0 Å². The fourth-order valence-corrected chi connectivity index (χ4v) is 2.69. The predicted octanol–water partition coefficient (Wildman–Crippen LogP) is 4.08. The summed E-state index contributed by atoms with van der Waals surface area (Å²) in [4.78, 5) is 25.1. The summed E-state index contributed by atoms with van der Waals surface area (Å²) in [5.41, 5.74) is 0.231. The van der Waals surface area contributed by atoms with Crippen molar-refractivity contribution in [3.63, 3.8) is 0 Å². The van der Waals surface area contributed by atoms with E-state index in [1.807, 2.05) is 37.3 Å². The van der Waals surface area contributed by atoms with Gasteiger partial charge in [0.2, 0.25) is 0 Å². The zero-order chi connectivity index (χ0) is 15.2. The van der Waals surface area contributed by atoms with Gasteiger partial charge in [-0.15, -0.1) is 0 Å². The monoisotopic (exact) mass is 298 g/mol. The summed E-state index contributed by atoms with van der Waals surface area (Å²) in [6.45, 7) is 1.83. The number of benzene rings is 2. The Hall–Kier alpha value is -2.33. The van der Waals surface area contributed by atoms with Crippen LogP contribution in [0.1, 0.15) is 27.6 Å². The Balaban J connectivity index is 2.23. The molecule has 4 heteroatoms. The Morgan fingerprint density at radius 3 is 2.48 bits per heavy atom. The van der Waals surface area contributed by atoms with Gasteiger partial charge >= 0.3 is 0 Å². The summed E-state index contributed by atoms with van der Waals surface area (Å²) in [5.74, 6) is -0.480. The Bertz CT molecular complexity index is 690. The van der Waals surface area contributed by atoms with E-state index in [0.29, 0.717) is 6.29 Å². The second-order valence-electron chi connectivity index (χ2n) is 4.39. The minimum Gasteiger partial charge on any atom is -0.507 e. The van der Waals surface area contributed by atoms with E-state index in [-0.39, 0.29) is 22.7 Å². The molecule has 0 aliphatic carbocycles. The first-order valence-electron chi connectivity index (χ1n) is 6.34. The standard InChI is InChI=1S/C17H14O3S/c1-12(21-13-6-3-2-4-7-13)10-17(20)14-8-5-9-16(19)15(14)11-18/h2-11,19H,1H3/b12-10+. The number of thioether (sulfide) groups is 1. The Labute approximate surface area is 127 Å². The molecule has 106 valence electrons. The van der Waals surface area contributed by atoms with Crippen LogP contribution in [0.4, 0.5) is 0 Å². The maximum atomic E-state index is 12.2. The van der Waals surface area contributed by atoms with E-state index >= 15 is 0 Å². The van der Waals surface area contributed by atoms with Gasteiger partial charge in [-0.1, -0.05) is 42.1 Å². The number of carbonyl (C=O) groups excluding carboxylic acids is 2. The summed E-state index contributed by atoms with van der Waals surface area (Å²) in [5, 5.41) is 9.60. The number of ketones is 1. The summed E-state index contributed by atoms with van der Waals surface area (Å²) in [6.07, 6.45) is 1.97. The Kier molecular flexibility index (Phi) is 4.95. The van der Waals surface area contributed by atoms with Gasteiger partial charge in [0.1, 0.15) is 5.75 Å². The number of aromatic hydroxyl groups is 1. The SMILES string of the molecule is C/C(=C\C(=O)c1cccc(O)c1C=O)Sc1ccccc1. The first-order valence-corrected chi connectivity index (χ1v) is 7.16. The molecule has 1 N–H and O–H groups in total. The van der Waals surface area contributed by atoms with Crippen molar-refractivity contribution >= 4 is 23.8 Å². The summed E-state index contributed by atoms with van der Waals surface area (Å²) in [6, 6.07) is 14.2. The van der Waals surface area contributed by atoms with Crippen LogP contribution < -0.4 is 0 Å². The summed E-state index contributed by atoms with van der Waals surface area (Å²) >= 11 is 1.47. The van der Waals surface area contributed by atoms with Crippen molar-refractivity contribution in [3.05, 3.63) is 70.6 Å². The lowest BCUT2D eigenvalue weighted by atomic mass is 10.0. The first kappa shape index (κ1) is 15.1. The van der Waals surface area contributed by atoms with Crippen molar-refractivity contribution in [1.29, 1.82) is 0 Å². The Morgan fingerprint density at radius 2 is 1.81 bits per heavy atom. The zero-order valence-corrected chi connectivity index (χ0v) is 12.3. The van der Waals surface area contributed by atoms with Crippen LogP contribution in [-0.4, -0.2) is 17.2 Å². The lowest BCUT2D eigenvalue weighted by molar-refractivity contribution is 0.103. The number of rotatable bonds is 5. The molecular formula is C17H14O3S. The lowest BCUT2D eigenvalue weighted by Crippen LogP contribution is -2.01. The van der Waals surface area contributed by atoms with Crippen molar-refractivity contribution in [2.45, 2.75) is 11.8 Å². The molecule has 0 unspecified atom stereocenters. The molecule has 21 heavy (non-hydrogen) atoms. The third-order valence-corrected chi connectivity index (χ3v) is 3.77. The van der Waals surface area contributed by atoms with Crippen molar-refractivity contribution in [1.82, 2.24) is 0 Å². The minimum absolute atomic E-state index is 0.0243. The van der Waals surface area contributed by atoms with Crippen LogP contribution in [0.3, 0.4) is 0 Å². The van der Waals surface area contributed by atoms with Gasteiger partial charge in [0.25, 0.3) is 0 Å². The number of phenols is 1. The largest absolute Gasteiger partial charge is 0.507 e. The van der Waals surface area contributed by atoms with Crippen LogP contribution in [-0.2, 0) is 0 Å². The van der Waals surface area contributed by atoms with Gasteiger partial charge in [0.15, 0.2) is 12.1 Å². The van der Waals surface area contributed by atoms with Crippen LogP contribution in [0.25, 0.3) is 0 Å². The van der Waals surface area contributed by atoms with Crippen molar-refractivity contribution in [2.75, 3.05) is 0 Å². The van der Waals surface area contributed by atoms with E-state index in [1.165, 1.54) is 30.0 Å². The van der Waals surface area contributed by atoms with Crippen LogP contribution >= 0.6 is 11.8 Å². The molecule has 0 amide bonds. The van der Waals surface area contributed by atoms with Crippen molar-refractivity contribution in [2.24, 2.45) is 0 Å². The van der Waals surface area contributed by atoms with Gasteiger partial charge in [0, 0.05) is 10.5 Å². The minimum atomic E-state index is -0.297. The predicted molar refractivity (Wildman–Crippen MR) is 83.9 cm³/mol. The molecule has 3 nitrogen and oxygen atoms in total. The van der Waals surface area contributed by atoms with Crippen LogP contribution in [0.5, 0.6) is 5.75 Å². The summed E-state index contributed by atoms with van der Waals surface area (Å²) < 4.78 is 0. The topological polar surface area (TPSA) is 54.4 Å². The second-order valence-corrected chi connectivity index (χ2v) is 5.71. The van der Waals surface area contributed by atoms with E-state index in [2.05, 4.69) is 0 Å². The average molecular weight is 298 g/mol. The molecule has 2 rings (SSSR count). The lowest BCUT2D eigenvalue weighted by Gasteiger charge is -2.04. The van der Waals surface area contributed by atoms with E-state index < -0.39 is 0 Å². The third-order valence-electron chi connectivity index (χ3n) is 2.82. The average Bonchev–Trinajstić information content (AvgIpc) is 2.47. The molecular weight excluding hydrogens is 284 g/mol. The van der Waals surface area contributed by atoms with Gasteiger partial charge in [0.05, 0.1) is 5.56 Å². The first-order chi connectivity index (χ1) is 10.1. The highest BCUT2D eigenvalue weighted by Gasteiger charge is 2.12. The third kappa shape index (κ3) is 3.83. The molecule has 0 heterocycles. The molecule has 0 saturated heterocycles. The van der Waals surface area contributed by atoms with Crippen molar-refractivity contribution < 1.29 is 14.7 Å². The molecule has 0 aliphatic rings. The van der Waals surface area contributed by atoms with Crippen LogP contribution in [0.15, 0.2) is 64.4 Å².